The molecule has 0 heterocycles. The molecule has 0 atom stereocenters. The summed E-state index contributed by atoms with van der Waals surface area (Å²) in [4.78, 5) is 0. The van der Waals surface area contributed by atoms with Crippen molar-refractivity contribution in [1.29, 1.82) is 0 Å². The highest BCUT2D eigenvalue weighted by Crippen LogP contribution is 2.16. The van der Waals surface area contributed by atoms with E-state index >= 15 is 0 Å². The van der Waals surface area contributed by atoms with E-state index in [1.165, 1.54) is 12.1 Å². The number of halogens is 1. The molecule has 0 aromatic heterocycles. The molecule has 0 saturated carbocycles. The van der Waals surface area contributed by atoms with Gasteiger partial charge in [0.15, 0.2) is 0 Å². The first-order valence-corrected chi connectivity index (χ1v) is 6.71. The van der Waals surface area contributed by atoms with Gasteiger partial charge >= 0.3 is 0 Å². The molecule has 16 heavy (non-hydrogen) atoms. The van der Waals surface area contributed by atoms with Gasteiger partial charge in [-0.05, 0) is 43.2 Å². The minimum Gasteiger partial charge on any atom is -0.493 e. The second-order valence-electron chi connectivity index (χ2n) is 3.52. The van der Waals surface area contributed by atoms with Gasteiger partial charge in [-0.3, -0.25) is 0 Å². The predicted octanol–water partition coefficient (Wildman–Crippen LogP) is 2.68. The van der Waals surface area contributed by atoms with E-state index in [-0.39, 0.29) is 5.82 Å². The first-order chi connectivity index (χ1) is 7.76. The Morgan fingerprint density at radius 1 is 1.38 bits per heavy atom. The molecule has 1 aromatic rings. The van der Waals surface area contributed by atoms with Gasteiger partial charge in [0.1, 0.15) is 11.6 Å². The van der Waals surface area contributed by atoms with E-state index in [1.807, 2.05) is 13.1 Å². The maximum absolute atomic E-state index is 13.2. The molecule has 1 aromatic carbocycles. The smallest absolute Gasteiger partial charge is 0.127 e. The maximum Gasteiger partial charge on any atom is 0.127 e. The average molecular weight is 243 g/mol. The van der Waals surface area contributed by atoms with Crippen LogP contribution in [0.3, 0.4) is 0 Å². The fourth-order valence-corrected chi connectivity index (χ4v) is 1.81. The summed E-state index contributed by atoms with van der Waals surface area (Å²) in [6.45, 7) is 1.29. The third-order valence-electron chi connectivity index (χ3n) is 2.07. The first kappa shape index (κ1) is 13.3. The zero-order valence-corrected chi connectivity index (χ0v) is 10.6. The fraction of sp³-hybridized carbons (Fsp3) is 0.500. The Labute approximate surface area is 101 Å². The lowest BCUT2D eigenvalue weighted by Gasteiger charge is -2.08. The van der Waals surface area contributed by atoms with Crippen LogP contribution in [0.4, 0.5) is 4.39 Å². The van der Waals surface area contributed by atoms with E-state index < -0.39 is 0 Å². The molecule has 1 rings (SSSR count). The predicted molar refractivity (Wildman–Crippen MR) is 67.7 cm³/mol. The number of rotatable bonds is 7. The largest absolute Gasteiger partial charge is 0.493 e. The van der Waals surface area contributed by atoms with Crippen molar-refractivity contribution in [1.82, 2.24) is 5.32 Å². The van der Waals surface area contributed by atoms with Crippen LogP contribution in [-0.2, 0) is 6.54 Å². The van der Waals surface area contributed by atoms with Crippen molar-refractivity contribution >= 4 is 11.8 Å². The van der Waals surface area contributed by atoms with Crippen LogP contribution in [-0.4, -0.2) is 25.7 Å². The van der Waals surface area contributed by atoms with Gasteiger partial charge in [0.25, 0.3) is 0 Å². The minimum atomic E-state index is -0.243. The molecule has 0 fully saturated rings. The summed E-state index contributed by atoms with van der Waals surface area (Å²) in [5.74, 6) is 1.44. The van der Waals surface area contributed by atoms with Crippen LogP contribution < -0.4 is 10.1 Å². The molecule has 0 spiro atoms. The van der Waals surface area contributed by atoms with E-state index in [9.17, 15) is 4.39 Å². The molecule has 4 heteroatoms. The molecule has 0 bridgehead atoms. The Morgan fingerprint density at radius 3 is 2.88 bits per heavy atom. The fourth-order valence-electron chi connectivity index (χ4n) is 1.40. The summed E-state index contributed by atoms with van der Waals surface area (Å²) in [6.07, 6.45) is 3.05. The van der Waals surface area contributed by atoms with Crippen LogP contribution in [0.25, 0.3) is 0 Å². The molecule has 90 valence electrons. The quantitative estimate of drug-likeness (QED) is 0.744. The normalized spacial score (nSPS) is 10.4. The summed E-state index contributed by atoms with van der Waals surface area (Å²) in [6, 6.07) is 4.82. The van der Waals surface area contributed by atoms with Crippen molar-refractivity contribution in [2.75, 3.05) is 25.7 Å². The highest BCUT2D eigenvalue weighted by Gasteiger charge is 2.01. The lowest BCUT2D eigenvalue weighted by atomic mass is 10.2. The number of thioether (sulfide) groups is 1. The van der Waals surface area contributed by atoms with Crippen molar-refractivity contribution in [3.63, 3.8) is 0 Å². The second-order valence-corrected chi connectivity index (χ2v) is 4.51. The number of hydrogen-bond donors (Lipinski definition) is 1. The summed E-state index contributed by atoms with van der Waals surface area (Å²) in [5.41, 5.74) is 0.905. The SMILES string of the molecule is CNCc1cc(F)cc(OCCCSC)c1. The monoisotopic (exact) mass is 243 g/mol. The minimum absolute atomic E-state index is 0.243. The number of hydrogen-bond acceptors (Lipinski definition) is 3. The summed E-state index contributed by atoms with van der Waals surface area (Å²) in [5, 5.41) is 2.99. The highest BCUT2D eigenvalue weighted by molar-refractivity contribution is 7.98. The Kier molecular flexibility index (Phi) is 6.26. The molecule has 0 saturated heterocycles. The van der Waals surface area contributed by atoms with Crippen LogP contribution in [0, 0.1) is 5.82 Å². The molecule has 0 amide bonds. The van der Waals surface area contributed by atoms with Crippen LogP contribution >= 0.6 is 11.8 Å². The molecular formula is C12H18FNOS. The van der Waals surface area contributed by atoms with Crippen molar-refractivity contribution in [2.45, 2.75) is 13.0 Å². The molecule has 0 unspecified atom stereocenters. The lowest BCUT2D eigenvalue weighted by Crippen LogP contribution is -2.06. The third-order valence-corrected chi connectivity index (χ3v) is 2.77. The molecule has 2 nitrogen and oxygen atoms in total. The van der Waals surface area contributed by atoms with Gasteiger partial charge in [-0.25, -0.2) is 4.39 Å². The van der Waals surface area contributed by atoms with Crippen LogP contribution in [0.2, 0.25) is 0 Å². The van der Waals surface area contributed by atoms with E-state index in [4.69, 9.17) is 4.74 Å². The van der Waals surface area contributed by atoms with Crippen molar-refractivity contribution < 1.29 is 9.13 Å². The van der Waals surface area contributed by atoms with Gasteiger partial charge in [-0.15, -0.1) is 0 Å². The molecule has 0 aliphatic carbocycles. The van der Waals surface area contributed by atoms with Gasteiger partial charge in [-0.2, -0.15) is 11.8 Å². The number of ether oxygens (including phenoxy) is 1. The molecular weight excluding hydrogens is 225 g/mol. The van der Waals surface area contributed by atoms with Gasteiger partial charge in [0.2, 0.25) is 0 Å². The number of benzene rings is 1. The lowest BCUT2D eigenvalue weighted by molar-refractivity contribution is 0.316. The summed E-state index contributed by atoms with van der Waals surface area (Å²) < 4.78 is 18.7. The van der Waals surface area contributed by atoms with Crippen molar-refractivity contribution in [3.8, 4) is 5.75 Å². The van der Waals surface area contributed by atoms with E-state index in [2.05, 4.69) is 11.6 Å². The van der Waals surface area contributed by atoms with Crippen molar-refractivity contribution in [3.05, 3.63) is 29.6 Å². The maximum atomic E-state index is 13.2. The zero-order chi connectivity index (χ0) is 11.8. The van der Waals surface area contributed by atoms with Crippen LogP contribution in [0.15, 0.2) is 18.2 Å². The molecule has 1 N–H and O–H groups in total. The van der Waals surface area contributed by atoms with E-state index in [1.54, 1.807) is 11.8 Å². The Balaban J connectivity index is 2.51. The Morgan fingerprint density at radius 2 is 2.19 bits per heavy atom. The van der Waals surface area contributed by atoms with Gasteiger partial charge < -0.3 is 10.1 Å². The molecule has 0 radical (unpaired) electrons. The summed E-state index contributed by atoms with van der Waals surface area (Å²) >= 11 is 1.79. The Hall–Kier alpha value is -0.740. The number of nitrogens with one attached hydrogen (secondary N) is 1. The standard InChI is InChI=1S/C12H18FNOS/c1-14-9-10-6-11(13)8-12(7-10)15-4-3-5-16-2/h6-8,14H,3-5,9H2,1-2H3. The first-order valence-electron chi connectivity index (χ1n) is 5.32. The topological polar surface area (TPSA) is 21.3 Å². The highest BCUT2D eigenvalue weighted by atomic mass is 32.2. The third kappa shape index (κ3) is 4.86. The molecule has 0 aliphatic rings. The average Bonchev–Trinajstić information content (AvgIpc) is 2.24. The van der Waals surface area contributed by atoms with Gasteiger partial charge in [-0.1, -0.05) is 0 Å². The summed E-state index contributed by atoms with van der Waals surface area (Å²) in [7, 11) is 1.84. The molecule has 0 aliphatic heterocycles. The second kappa shape index (κ2) is 7.52. The van der Waals surface area contributed by atoms with Crippen LogP contribution in [0.5, 0.6) is 5.75 Å². The van der Waals surface area contributed by atoms with Gasteiger partial charge in [0, 0.05) is 12.6 Å². The Bertz CT molecular complexity index is 320. The van der Waals surface area contributed by atoms with Crippen molar-refractivity contribution in [2.24, 2.45) is 0 Å². The van der Waals surface area contributed by atoms with E-state index in [0.29, 0.717) is 18.9 Å². The van der Waals surface area contributed by atoms with E-state index in [0.717, 1.165) is 17.7 Å². The zero-order valence-electron chi connectivity index (χ0n) is 9.75. The van der Waals surface area contributed by atoms with Crippen LogP contribution in [0.1, 0.15) is 12.0 Å². The van der Waals surface area contributed by atoms with Gasteiger partial charge in [0.05, 0.1) is 6.61 Å².